The van der Waals surface area contributed by atoms with Crippen molar-refractivity contribution in [3.05, 3.63) is 42.2 Å². The predicted molar refractivity (Wildman–Crippen MR) is 116 cm³/mol. The molecule has 8 heteroatoms. The summed E-state index contributed by atoms with van der Waals surface area (Å²) in [6, 6.07) is 10.5. The third-order valence-electron chi connectivity index (χ3n) is 6.30. The maximum absolute atomic E-state index is 9.05. The zero-order valence-electron chi connectivity index (χ0n) is 16.8. The number of aromatic nitrogens is 2. The molecule has 0 radical (unpaired) electrons. The third-order valence-corrected chi connectivity index (χ3v) is 6.30. The van der Waals surface area contributed by atoms with Crippen LogP contribution in [0, 0.1) is 22.7 Å². The molecule has 2 heterocycles. The summed E-state index contributed by atoms with van der Waals surface area (Å²) in [5, 5.41) is 26.1. The van der Waals surface area contributed by atoms with Crippen LogP contribution in [0.4, 0.5) is 5.95 Å². The number of nitrogens with two attached hydrogens (primary N) is 1. The molecule has 0 atom stereocenters. The minimum Gasteiger partial charge on any atom is -0.565 e. The summed E-state index contributed by atoms with van der Waals surface area (Å²) in [6.07, 6.45) is 7.68. The van der Waals surface area contributed by atoms with Crippen molar-refractivity contribution in [1.82, 2.24) is 14.9 Å². The number of likely N-dealkylation sites (tertiary alicyclic amines) is 1. The number of nitriles is 1. The molecule has 0 spiro atoms. The molecule has 154 valence electrons. The van der Waals surface area contributed by atoms with Gasteiger partial charge >= 0.3 is 6.02 Å². The van der Waals surface area contributed by atoms with E-state index in [1.165, 1.54) is 0 Å². The quantitative estimate of drug-likeness (QED) is 0.460. The first-order chi connectivity index (χ1) is 14.5. The van der Waals surface area contributed by atoms with Crippen LogP contribution in [0.5, 0.6) is 0 Å². The van der Waals surface area contributed by atoms with Crippen LogP contribution in [0.2, 0.25) is 0 Å². The van der Waals surface area contributed by atoms with E-state index in [0.717, 1.165) is 48.8 Å². The summed E-state index contributed by atoms with van der Waals surface area (Å²) < 4.78 is 0. The second-order valence-electron chi connectivity index (χ2n) is 8.02. The number of nitrogens with zero attached hydrogens (tertiary/aromatic N) is 5. The molecule has 1 saturated heterocycles. The zero-order valence-corrected chi connectivity index (χ0v) is 16.8. The molecule has 1 aliphatic carbocycles. The molecule has 2 aliphatic rings. The Morgan fingerprint density at radius 3 is 2.33 bits per heavy atom. The summed E-state index contributed by atoms with van der Waals surface area (Å²) in [4.78, 5) is 14.3. The van der Waals surface area contributed by atoms with Crippen LogP contribution in [-0.2, 0) is 5.41 Å². The lowest BCUT2D eigenvalue weighted by molar-refractivity contribution is 0.258. The molecule has 30 heavy (non-hydrogen) atoms. The van der Waals surface area contributed by atoms with E-state index >= 15 is 0 Å². The molecule has 2 aromatic rings. The van der Waals surface area contributed by atoms with Gasteiger partial charge in [-0.05, 0) is 36.8 Å². The van der Waals surface area contributed by atoms with E-state index in [4.69, 9.17) is 21.5 Å². The lowest BCUT2D eigenvalue weighted by Crippen LogP contribution is -2.44. The Hall–Kier alpha value is -3.47. The highest BCUT2D eigenvalue weighted by molar-refractivity contribution is 5.99. The average molecular weight is 404 g/mol. The van der Waals surface area contributed by atoms with E-state index in [9.17, 15) is 0 Å². The summed E-state index contributed by atoms with van der Waals surface area (Å²) in [6.45, 7) is 1.30. The van der Waals surface area contributed by atoms with Gasteiger partial charge in [0.15, 0.2) is 0 Å². The highest BCUT2D eigenvalue weighted by Crippen LogP contribution is 2.45. The number of nitrogen functional groups attached to an aromatic ring is 1. The SMILES string of the molecule is N#CC1CCN(C([OH2+])=NC(=N)C2(c3ccc(-c4cnc(N)nc4)cc3)CCC2)CC1. The van der Waals surface area contributed by atoms with Crippen molar-refractivity contribution >= 4 is 17.8 Å². The van der Waals surface area contributed by atoms with Gasteiger partial charge in [-0.3, -0.25) is 10.3 Å². The summed E-state index contributed by atoms with van der Waals surface area (Å²) in [5.41, 5.74) is 8.07. The molecule has 0 bridgehead atoms. The molecular formula is C22H26N7O+. The summed E-state index contributed by atoms with van der Waals surface area (Å²) >= 11 is 0. The molecule has 5 N–H and O–H groups in total. The number of hydrogen-bond donors (Lipinski definition) is 2. The van der Waals surface area contributed by atoms with E-state index in [1.807, 2.05) is 29.2 Å². The fourth-order valence-corrected chi connectivity index (χ4v) is 4.17. The number of piperidine rings is 1. The fourth-order valence-electron chi connectivity index (χ4n) is 4.17. The molecule has 0 unspecified atom stereocenters. The first-order valence-corrected chi connectivity index (χ1v) is 10.2. The third kappa shape index (κ3) is 3.71. The van der Waals surface area contributed by atoms with Crippen LogP contribution in [0.3, 0.4) is 0 Å². The monoisotopic (exact) mass is 404 g/mol. The van der Waals surface area contributed by atoms with Crippen LogP contribution < -0.4 is 5.73 Å². The smallest absolute Gasteiger partial charge is 0.444 e. The van der Waals surface area contributed by atoms with E-state index < -0.39 is 5.41 Å². The predicted octanol–water partition coefficient (Wildman–Crippen LogP) is 2.44. The van der Waals surface area contributed by atoms with E-state index in [2.05, 4.69) is 21.0 Å². The average Bonchev–Trinajstić information content (AvgIpc) is 2.74. The van der Waals surface area contributed by atoms with Crippen molar-refractivity contribution in [1.29, 1.82) is 10.7 Å². The maximum atomic E-state index is 9.05. The van der Waals surface area contributed by atoms with E-state index in [1.54, 1.807) is 12.4 Å². The number of rotatable bonds is 3. The molecule has 0 amide bonds. The summed E-state index contributed by atoms with van der Waals surface area (Å²) in [5.74, 6) is 0.569. The Balaban J connectivity index is 1.51. The van der Waals surface area contributed by atoms with Gasteiger partial charge in [0.1, 0.15) is 5.84 Å². The van der Waals surface area contributed by atoms with Crippen molar-refractivity contribution in [2.24, 2.45) is 10.9 Å². The Bertz CT molecular complexity index is 980. The van der Waals surface area contributed by atoms with Gasteiger partial charge in [-0.1, -0.05) is 30.7 Å². The van der Waals surface area contributed by atoms with Crippen LogP contribution in [-0.4, -0.2) is 44.9 Å². The van der Waals surface area contributed by atoms with Crippen molar-refractivity contribution < 1.29 is 5.11 Å². The fraction of sp³-hybridized carbons (Fsp3) is 0.409. The number of amidine groups is 2. The van der Waals surface area contributed by atoms with Crippen LogP contribution >= 0.6 is 0 Å². The molecule has 1 aromatic carbocycles. The highest BCUT2D eigenvalue weighted by atomic mass is 16.3. The van der Waals surface area contributed by atoms with Crippen molar-refractivity contribution in [3.63, 3.8) is 0 Å². The maximum Gasteiger partial charge on any atom is 0.444 e. The van der Waals surface area contributed by atoms with Crippen LogP contribution in [0.1, 0.15) is 37.7 Å². The highest BCUT2D eigenvalue weighted by Gasteiger charge is 2.44. The van der Waals surface area contributed by atoms with Gasteiger partial charge in [-0.2, -0.15) is 5.26 Å². The van der Waals surface area contributed by atoms with Gasteiger partial charge in [0.2, 0.25) is 5.95 Å². The molecule has 1 aromatic heterocycles. The first kappa shape index (κ1) is 19.8. The molecule has 8 nitrogen and oxygen atoms in total. The first-order valence-electron chi connectivity index (χ1n) is 10.2. The van der Waals surface area contributed by atoms with Crippen molar-refractivity contribution in [2.45, 2.75) is 37.5 Å². The van der Waals surface area contributed by atoms with E-state index in [0.29, 0.717) is 13.1 Å². The van der Waals surface area contributed by atoms with Crippen molar-refractivity contribution in [3.8, 4) is 17.2 Å². The van der Waals surface area contributed by atoms with Crippen LogP contribution in [0.15, 0.2) is 41.7 Å². The Morgan fingerprint density at radius 1 is 1.17 bits per heavy atom. The van der Waals surface area contributed by atoms with Gasteiger partial charge < -0.3 is 10.8 Å². The molecule has 4 rings (SSSR count). The number of anilines is 1. The van der Waals surface area contributed by atoms with Gasteiger partial charge in [-0.15, -0.1) is 4.99 Å². The summed E-state index contributed by atoms with van der Waals surface area (Å²) in [7, 11) is 0. The Labute approximate surface area is 175 Å². The second kappa shape index (κ2) is 8.11. The second-order valence-corrected chi connectivity index (χ2v) is 8.02. The number of hydrogen-bond acceptors (Lipinski definition) is 5. The lowest BCUT2D eigenvalue weighted by Gasteiger charge is -2.41. The number of benzene rings is 1. The normalized spacial score (nSPS) is 19.0. The van der Waals surface area contributed by atoms with Gasteiger partial charge in [0.25, 0.3) is 0 Å². The topological polar surface area (TPSA) is 138 Å². The largest absolute Gasteiger partial charge is 0.565 e. The zero-order chi connectivity index (χ0) is 21.1. The molecule has 1 aliphatic heterocycles. The van der Waals surface area contributed by atoms with E-state index in [-0.39, 0.29) is 23.7 Å². The molecule has 1 saturated carbocycles. The van der Waals surface area contributed by atoms with Crippen LogP contribution in [0.25, 0.3) is 11.1 Å². The lowest BCUT2D eigenvalue weighted by atomic mass is 9.63. The standard InChI is InChI=1S/C22H25N7O/c23-12-15-6-10-29(11-7-15)21(30)28-19(24)22(8-1-9-22)18-4-2-16(3-5-18)17-13-26-20(25)27-14-17/h2-5,13-15H,1,6-11H2,(H2,24,28,30)(H2,25,26,27)/p+1. The van der Waals surface area contributed by atoms with Gasteiger partial charge in [0.05, 0.1) is 11.5 Å². The minimum atomic E-state index is -0.423. The Morgan fingerprint density at radius 2 is 1.80 bits per heavy atom. The number of aliphatic imine (C=N–C) groups is 1. The minimum absolute atomic E-state index is 0.0662. The van der Waals surface area contributed by atoms with Gasteiger partial charge in [-0.25, -0.2) is 9.97 Å². The number of nitrogens with one attached hydrogen (secondary N) is 1. The molecular weight excluding hydrogens is 378 g/mol. The van der Waals surface area contributed by atoms with Crippen molar-refractivity contribution in [2.75, 3.05) is 18.8 Å². The molecule has 2 fully saturated rings. The van der Waals surface area contributed by atoms with Gasteiger partial charge in [0, 0.05) is 37.0 Å². The Kier molecular flexibility index (Phi) is 5.36.